The van der Waals surface area contributed by atoms with Crippen molar-refractivity contribution in [3.05, 3.63) is 28.8 Å². The van der Waals surface area contributed by atoms with E-state index in [0.717, 1.165) is 12.8 Å². The van der Waals surface area contributed by atoms with Gasteiger partial charge < -0.3 is 5.11 Å². The third kappa shape index (κ3) is 3.69. The van der Waals surface area contributed by atoms with E-state index in [1.807, 2.05) is 0 Å². The standard InChI is InChI=1S/C13H18ClNO3S/c1-9-11(14)3-2-4-13(9)19(17,18)15-8-7-12(16)10-5-6-10/h2-4,10,12,15-16H,5-8H2,1H3/t12-/m0/s1. The highest BCUT2D eigenvalue weighted by atomic mass is 35.5. The van der Waals surface area contributed by atoms with Crippen LogP contribution >= 0.6 is 11.6 Å². The lowest BCUT2D eigenvalue weighted by Crippen LogP contribution is -2.28. The van der Waals surface area contributed by atoms with Crippen LogP contribution in [-0.4, -0.2) is 26.2 Å². The lowest BCUT2D eigenvalue weighted by molar-refractivity contribution is 0.143. The second kappa shape index (κ2) is 5.79. The van der Waals surface area contributed by atoms with E-state index in [0.29, 0.717) is 22.9 Å². The zero-order valence-corrected chi connectivity index (χ0v) is 12.3. The van der Waals surface area contributed by atoms with Gasteiger partial charge in [-0.2, -0.15) is 0 Å². The van der Waals surface area contributed by atoms with Gasteiger partial charge in [0, 0.05) is 11.6 Å². The second-order valence-corrected chi connectivity index (χ2v) is 7.10. The Bertz CT molecular complexity index is 555. The van der Waals surface area contributed by atoms with E-state index in [2.05, 4.69) is 4.72 Å². The SMILES string of the molecule is Cc1c(Cl)cccc1S(=O)(=O)NCC[C@H](O)C1CC1. The number of benzene rings is 1. The van der Waals surface area contributed by atoms with Crippen LogP contribution in [0.15, 0.2) is 23.1 Å². The Hall–Kier alpha value is -0.620. The Morgan fingerprint density at radius 2 is 2.16 bits per heavy atom. The van der Waals surface area contributed by atoms with Crippen LogP contribution in [0, 0.1) is 12.8 Å². The van der Waals surface area contributed by atoms with Crippen LogP contribution in [0.2, 0.25) is 5.02 Å². The van der Waals surface area contributed by atoms with E-state index in [1.54, 1.807) is 19.1 Å². The minimum atomic E-state index is -3.56. The number of halogens is 1. The molecule has 0 bridgehead atoms. The summed E-state index contributed by atoms with van der Waals surface area (Å²) in [7, 11) is -3.56. The van der Waals surface area contributed by atoms with Crippen LogP contribution in [0.4, 0.5) is 0 Å². The first-order valence-electron chi connectivity index (χ1n) is 6.34. The predicted octanol–water partition coefficient (Wildman–Crippen LogP) is 2.09. The van der Waals surface area contributed by atoms with Gasteiger partial charge >= 0.3 is 0 Å². The molecule has 106 valence electrons. The third-order valence-corrected chi connectivity index (χ3v) is 5.42. The van der Waals surface area contributed by atoms with Gasteiger partial charge in [0.05, 0.1) is 11.0 Å². The molecule has 2 N–H and O–H groups in total. The summed E-state index contributed by atoms with van der Waals surface area (Å²) in [6.45, 7) is 1.92. The normalized spacial score (nSPS) is 17.4. The Labute approximate surface area is 118 Å². The van der Waals surface area contributed by atoms with Crippen LogP contribution in [0.1, 0.15) is 24.8 Å². The van der Waals surface area contributed by atoms with Gasteiger partial charge in [-0.15, -0.1) is 0 Å². The summed E-state index contributed by atoms with van der Waals surface area (Å²) in [4.78, 5) is 0.195. The minimum absolute atomic E-state index is 0.195. The van der Waals surface area contributed by atoms with Crippen molar-refractivity contribution in [2.75, 3.05) is 6.54 Å². The number of sulfonamides is 1. The van der Waals surface area contributed by atoms with Gasteiger partial charge in [-0.3, -0.25) is 0 Å². The maximum absolute atomic E-state index is 12.1. The van der Waals surface area contributed by atoms with Crippen molar-refractivity contribution in [2.24, 2.45) is 5.92 Å². The molecule has 1 atom stereocenters. The van der Waals surface area contributed by atoms with Crippen LogP contribution in [0.5, 0.6) is 0 Å². The highest BCUT2D eigenvalue weighted by molar-refractivity contribution is 7.89. The molecule has 1 saturated carbocycles. The first-order valence-corrected chi connectivity index (χ1v) is 8.21. The van der Waals surface area contributed by atoms with Gasteiger partial charge in [0.15, 0.2) is 0 Å². The highest BCUT2D eigenvalue weighted by Crippen LogP contribution is 2.33. The van der Waals surface area contributed by atoms with Crippen LogP contribution < -0.4 is 4.72 Å². The Balaban J connectivity index is 1.99. The van der Waals surface area contributed by atoms with Gasteiger partial charge in [-0.25, -0.2) is 13.1 Å². The number of hydrogen-bond acceptors (Lipinski definition) is 3. The van der Waals surface area contributed by atoms with E-state index in [1.165, 1.54) is 6.07 Å². The van der Waals surface area contributed by atoms with Crippen molar-refractivity contribution in [3.8, 4) is 0 Å². The van der Waals surface area contributed by atoms with Gasteiger partial charge in [-0.05, 0) is 49.8 Å². The van der Waals surface area contributed by atoms with E-state index in [4.69, 9.17) is 11.6 Å². The van der Waals surface area contributed by atoms with Gasteiger partial charge in [0.25, 0.3) is 0 Å². The van der Waals surface area contributed by atoms with Crippen molar-refractivity contribution in [2.45, 2.75) is 37.2 Å². The van der Waals surface area contributed by atoms with Crippen LogP contribution in [0.3, 0.4) is 0 Å². The molecule has 1 fully saturated rings. The summed E-state index contributed by atoms with van der Waals surface area (Å²) in [6, 6.07) is 4.80. The Morgan fingerprint density at radius 1 is 1.47 bits per heavy atom. The molecule has 0 spiro atoms. The van der Waals surface area contributed by atoms with Crippen molar-refractivity contribution in [1.29, 1.82) is 0 Å². The number of hydrogen-bond donors (Lipinski definition) is 2. The fourth-order valence-electron chi connectivity index (χ4n) is 2.01. The first-order chi connectivity index (χ1) is 8.92. The molecule has 0 saturated heterocycles. The molecule has 1 aliphatic carbocycles. The molecule has 1 aliphatic rings. The maximum atomic E-state index is 12.1. The zero-order valence-electron chi connectivity index (χ0n) is 10.8. The maximum Gasteiger partial charge on any atom is 0.240 e. The number of rotatable bonds is 6. The van der Waals surface area contributed by atoms with E-state index in [-0.39, 0.29) is 11.4 Å². The molecule has 0 unspecified atom stereocenters. The van der Waals surface area contributed by atoms with E-state index >= 15 is 0 Å². The number of nitrogens with one attached hydrogen (secondary N) is 1. The molecule has 6 heteroatoms. The average molecular weight is 304 g/mol. The van der Waals surface area contributed by atoms with E-state index in [9.17, 15) is 13.5 Å². The van der Waals surface area contributed by atoms with Gasteiger partial charge in [0.1, 0.15) is 0 Å². The molecule has 0 aromatic heterocycles. The fraction of sp³-hybridized carbons (Fsp3) is 0.538. The molecule has 2 rings (SSSR count). The summed E-state index contributed by atoms with van der Waals surface area (Å²) in [6.07, 6.45) is 2.13. The van der Waals surface area contributed by atoms with Crippen molar-refractivity contribution in [1.82, 2.24) is 4.72 Å². The number of aliphatic hydroxyl groups is 1. The molecule has 1 aromatic carbocycles. The van der Waals surface area contributed by atoms with Crippen LogP contribution in [0.25, 0.3) is 0 Å². The minimum Gasteiger partial charge on any atom is -0.393 e. The molecule has 19 heavy (non-hydrogen) atoms. The average Bonchev–Trinajstić information content (AvgIpc) is 3.16. The molecule has 1 aromatic rings. The Kier molecular flexibility index (Phi) is 4.50. The highest BCUT2D eigenvalue weighted by Gasteiger charge is 2.29. The van der Waals surface area contributed by atoms with Crippen molar-refractivity contribution >= 4 is 21.6 Å². The van der Waals surface area contributed by atoms with Crippen molar-refractivity contribution in [3.63, 3.8) is 0 Å². The molecular formula is C13H18ClNO3S. The topological polar surface area (TPSA) is 66.4 Å². The Morgan fingerprint density at radius 3 is 2.79 bits per heavy atom. The summed E-state index contributed by atoms with van der Waals surface area (Å²) in [5.74, 6) is 0.359. The fourth-order valence-corrected chi connectivity index (χ4v) is 3.56. The first kappa shape index (κ1) is 14.8. The lowest BCUT2D eigenvalue weighted by atomic mass is 10.2. The summed E-state index contributed by atoms with van der Waals surface area (Å²) < 4.78 is 26.8. The zero-order chi connectivity index (χ0) is 14.0. The predicted molar refractivity (Wildman–Crippen MR) is 74.7 cm³/mol. The van der Waals surface area contributed by atoms with Crippen LogP contribution in [-0.2, 0) is 10.0 Å². The smallest absolute Gasteiger partial charge is 0.240 e. The van der Waals surface area contributed by atoms with Gasteiger partial charge in [0.2, 0.25) is 10.0 Å². The molecule has 0 heterocycles. The molecular weight excluding hydrogens is 286 g/mol. The molecule has 0 aliphatic heterocycles. The van der Waals surface area contributed by atoms with E-state index < -0.39 is 16.1 Å². The monoisotopic (exact) mass is 303 g/mol. The summed E-state index contributed by atoms with van der Waals surface area (Å²) in [5.41, 5.74) is 0.541. The lowest BCUT2D eigenvalue weighted by Gasteiger charge is -2.12. The van der Waals surface area contributed by atoms with Crippen molar-refractivity contribution < 1.29 is 13.5 Å². The van der Waals surface area contributed by atoms with Gasteiger partial charge in [-0.1, -0.05) is 17.7 Å². The molecule has 0 amide bonds. The quantitative estimate of drug-likeness (QED) is 0.845. The third-order valence-electron chi connectivity index (χ3n) is 3.41. The summed E-state index contributed by atoms with van der Waals surface area (Å²) >= 11 is 5.92. The largest absolute Gasteiger partial charge is 0.393 e. The summed E-state index contributed by atoms with van der Waals surface area (Å²) in [5, 5.41) is 10.1. The second-order valence-electron chi connectivity index (χ2n) is 4.95. The molecule has 0 radical (unpaired) electrons. The molecule has 4 nitrogen and oxygen atoms in total. The number of aliphatic hydroxyl groups excluding tert-OH is 1.